The molecule has 28 heavy (non-hydrogen) atoms. The predicted octanol–water partition coefficient (Wildman–Crippen LogP) is 5.47. The Labute approximate surface area is 173 Å². The number of esters is 1. The lowest BCUT2D eigenvalue weighted by Crippen LogP contribution is -2.35. The molecule has 2 rings (SSSR count). The number of anilines is 1. The molecule has 0 saturated heterocycles. The molecule has 0 bridgehead atoms. The molecule has 2 aromatic carbocycles. The van der Waals surface area contributed by atoms with E-state index in [1.54, 1.807) is 13.0 Å². The van der Waals surface area contributed by atoms with Crippen molar-refractivity contribution in [3.63, 3.8) is 0 Å². The first kappa shape index (κ1) is 21.9. The Morgan fingerprint density at radius 2 is 1.79 bits per heavy atom. The van der Waals surface area contributed by atoms with Gasteiger partial charge in [0.15, 0.2) is 5.11 Å². The second kappa shape index (κ2) is 9.69. The molecule has 0 radical (unpaired) electrons. The van der Waals surface area contributed by atoms with Gasteiger partial charge in [-0.2, -0.15) is 0 Å². The zero-order valence-corrected chi connectivity index (χ0v) is 18.4. The van der Waals surface area contributed by atoms with Gasteiger partial charge in [-0.05, 0) is 80.7 Å². The molecule has 2 aromatic rings. The van der Waals surface area contributed by atoms with Crippen LogP contribution in [0.5, 0.6) is 0 Å². The summed E-state index contributed by atoms with van der Waals surface area (Å²) in [5, 5.41) is 7.28. The van der Waals surface area contributed by atoms with Crippen LogP contribution >= 0.6 is 12.2 Å². The largest absolute Gasteiger partial charge is 0.462 e. The summed E-state index contributed by atoms with van der Waals surface area (Å²) in [5.74, 6) is 0.0565. The molecule has 4 nitrogen and oxygen atoms in total. The van der Waals surface area contributed by atoms with Crippen molar-refractivity contribution < 1.29 is 9.53 Å². The monoisotopic (exact) mass is 398 g/mol. The topological polar surface area (TPSA) is 50.4 Å². The highest BCUT2D eigenvalue weighted by Crippen LogP contribution is 2.26. The molecule has 0 saturated carbocycles. The van der Waals surface area contributed by atoms with Gasteiger partial charge >= 0.3 is 5.97 Å². The molecule has 0 aliphatic carbocycles. The highest BCUT2D eigenvalue weighted by Gasteiger charge is 2.19. The molecule has 0 aromatic heterocycles. The summed E-state index contributed by atoms with van der Waals surface area (Å²) < 4.78 is 5.05. The summed E-state index contributed by atoms with van der Waals surface area (Å²) in [7, 11) is 0. The predicted molar refractivity (Wildman–Crippen MR) is 120 cm³/mol. The SMILES string of the molecule is CCOC(=O)c1ccc(NC(=S)N[C@@H](c2ccc(C)cc2C)C(C)C)c(C)c1. The smallest absolute Gasteiger partial charge is 0.338 e. The normalized spacial score (nSPS) is 11.8. The Hall–Kier alpha value is -2.40. The highest BCUT2D eigenvalue weighted by atomic mass is 32.1. The summed E-state index contributed by atoms with van der Waals surface area (Å²) >= 11 is 5.57. The molecule has 5 heteroatoms. The Morgan fingerprint density at radius 1 is 1.07 bits per heavy atom. The first-order chi connectivity index (χ1) is 13.2. The number of benzene rings is 2. The van der Waals surface area contributed by atoms with Gasteiger partial charge in [0, 0.05) is 5.69 Å². The fourth-order valence-corrected chi connectivity index (χ4v) is 3.46. The van der Waals surface area contributed by atoms with Crippen molar-refractivity contribution in [3.8, 4) is 0 Å². The minimum atomic E-state index is -0.312. The Kier molecular flexibility index (Phi) is 7.58. The molecule has 2 N–H and O–H groups in total. The molecule has 0 amide bonds. The number of rotatable bonds is 6. The Balaban J connectivity index is 2.14. The van der Waals surface area contributed by atoms with E-state index in [-0.39, 0.29) is 12.0 Å². The van der Waals surface area contributed by atoms with Crippen molar-refractivity contribution in [2.24, 2.45) is 5.92 Å². The maximum absolute atomic E-state index is 11.9. The average molecular weight is 399 g/mol. The molecule has 0 unspecified atom stereocenters. The van der Waals surface area contributed by atoms with E-state index in [9.17, 15) is 4.79 Å². The van der Waals surface area contributed by atoms with Gasteiger partial charge in [0.05, 0.1) is 18.2 Å². The molecule has 0 aliphatic heterocycles. The van der Waals surface area contributed by atoms with Gasteiger partial charge in [0.2, 0.25) is 0 Å². The number of nitrogens with one attached hydrogen (secondary N) is 2. The van der Waals surface area contributed by atoms with Crippen molar-refractivity contribution in [2.75, 3.05) is 11.9 Å². The van der Waals surface area contributed by atoms with E-state index in [0.717, 1.165) is 11.3 Å². The molecule has 0 heterocycles. The van der Waals surface area contributed by atoms with E-state index < -0.39 is 0 Å². The van der Waals surface area contributed by atoms with Gasteiger partial charge in [0.1, 0.15) is 0 Å². The first-order valence-corrected chi connectivity index (χ1v) is 10.1. The van der Waals surface area contributed by atoms with Crippen LogP contribution in [0.15, 0.2) is 36.4 Å². The number of hydrogen-bond acceptors (Lipinski definition) is 3. The van der Waals surface area contributed by atoms with Crippen molar-refractivity contribution in [1.29, 1.82) is 0 Å². The van der Waals surface area contributed by atoms with Gasteiger partial charge < -0.3 is 15.4 Å². The van der Waals surface area contributed by atoms with E-state index in [2.05, 4.69) is 56.5 Å². The number of hydrogen-bond donors (Lipinski definition) is 2. The second-order valence-electron chi connectivity index (χ2n) is 7.43. The van der Waals surface area contributed by atoms with Gasteiger partial charge in [-0.3, -0.25) is 0 Å². The van der Waals surface area contributed by atoms with Gasteiger partial charge in [-0.25, -0.2) is 4.79 Å². The standard InChI is InChI=1S/C23H30N2O2S/c1-7-27-22(26)18-9-11-20(17(6)13-18)24-23(28)25-21(14(2)3)19-10-8-15(4)12-16(19)5/h8-14,21H,7H2,1-6H3,(H2,24,25,28)/t21-/m1/s1. The summed E-state index contributed by atoms with van der Waals surface area (Å²) in [6, 6.07) is 12.0. The van der Waals surface area contributed by atoms with Crippen molar-refractivity contribution in [1.82, 2.24) is 5.32 Å². The number of carbonyl (C=O) groups is 1. The van der Waals surface area contributed by atoms with Gasteiger partial charge in [-0.1, -0.05) is 37.6 Å². The Bertz CT molecular complexity index is 862. The van der Waals surface area contributed by atoms with E-state index in [1.165, 1.54) is 16.7 Å². The average Bonchev–Trinajstić information content (AvgIpc) is 2.62. The van der Waals surface area contributed by atoms with Gasteiger partial charge in [-0.15, -0.1) is 0 Å². The Morgan fingerprint density at radius 3 is 2.36 bits per heavy atom. The highest BCUT2D eigenvalue weighted by molar-refractivity contribution is 7.80. The lowest BCUT2D eigenvalue weighted by molar-refractivity contribution is 0.0526. The zero-order chi connectivity index (χ0) is 20.8. The fraction of sp³-hybridized carbons (Fsp3) is 0.391. The van der Waals surface area contributed by atoms with Crippen molar-refractivity contribution in [3.05, 3.63) is 64.2 Å². The van der Waals surface area contributed by atoms with Crippen molar-refractivity contribution >= 4 is 29.0 Å². The van der Waals surface area contributed by atoms with E-state index in [4.69, 9.17) is 17.0 Å². The molecular weight excluding hydrogens is 368 g/mol. The molecule has 0 spiro atoms. The number of aryl methyl sites for hydroxylation is 3. The van der Waals surface area contributed by atoms with Crippen LogP contribution in [0.25, 0.3) is 0 Å². The van der Waals surface area contributed by atoms with Crippen molar-refractivity contribution in [2.45, 2.75) is 47.6 Å². The van der Waals surface area contributed by atoms with Crippen LogP contribution in [0.2, 0.25) is 0 Å². The molecule has 0 fully saturated rings. The zero-order valence-electron chi connectivity index (χ0n) is 17.6. The molecule has 150 valence electrons. The lowest BCUT2D eigenvalue weighted by atomic mass is 9.92. The third-order valence-electron chi connectivity index (χ3n) is 4.70. The number of carbonyl (C=O) groups excluding carboxylic acids is 1. The first-order valence-electron chi connectivity index (χ1n) is 9.65. The minimum absolute atomic E-state index is 0.111. The maximum atomic E-state index is 11.9. The number of ether oxygens (including phenoxy) is 1. The van der Waals surface area contributed by atoms with Crippen LogP contribution in [0.4, 0.5) is 5.69 Å². The summed E-state index contributed by atoms with van der Waals surface area (Å²) in [4.78, 5) is 11.9. The van der Waals surface area contributed by atoms with E-state index >= 15 is 0 Å². The summed E-state index contributed by atoms with van der Waals surface area (Å²) in [5.41, 5.74) is 6.10. The summed E-state index contributed by atoms with van der Waals surface area (Å²) in [6.07, 6.45) is 0. The quantitative estimate of drug-likeness (QED) is 0.499. The minimum Gasteiger partial charge on any atom is -0.462 e. The maximum Gasteiger partial charge on any atom is 0.338 e. The van der Waals surface area contributed by atoms with E-state index in [1.807, 2.05) is 19.1 Å². The number of thiocarbonyl (C=S) groups is 1. The lowest BCUT2D eigenvalue weighted by Gasteiger charge is -2.26. The van der Waals surface area contributed by atoms with E-state index in [0.29, 0.717) is 23.2 Å². The van der Waals surface area contributed by atoms with Crippen LogP contribution in [0.1, 0.15) is 59.4 Å². The third kappa shape index (κ3) is 5.55. The third-order valence-corrected chi connectivity index (χ3v) is 4.92. The van der Waals surface area contributed by atoms with Crippen LogP contribution < -0.4 is 10.6 Å². The fourth-order valence-electron chi connectivity index (χ4n) is 3.22. The second-order valence-corrected chi connectivity index (χ2v) is 7.84. The van der Waals surface area contributed by atoms with Crippen LogP contribution in [0, 0.1) is 26.7 Å². The van der Waals surface area contributed by atoms with Crippen LogP contribution in [-0.4, -0.2) is 17.7 Å². The molecular formula is C23H30N2O2S. The van der Waals surface area contributed by atoms with Crippen LogP contribution in [0.3, 0.4) is 0 Å². The summed E-state index contributed by atoms with van der Waals surface area (Å²) in [6.45, 7) is 12.7. The van der Waals surface area contributed by atoms with Gasteiger partial charge in [0.25, 0.3) is 0 Å². The molecule has 0 aliphatic rings. The molecule has 1 atom stereocenters. The van der Waals surface area contributed by atoms with Crippen LogP contribution in [-0.2, 0) is 4.74 Å².